The largest absolute Gasteiger partial charge is 0.478 e. The quantitative estimate of drug-likeness (QED) is 0.807. The molecule has 0 unspecified atom stereocenters. The van der Waals surface area contributed by atoms with Crippen molar-refractivity contribution in [2.24, 2.45) is 0 Å². The second-order valence-corrected chi connectivity index (χ2v) is 3.37. The molecule has 0 aliphatic rings. The van der Waals surface area contributed by atoms with E-state index in [0.717, 1.165) is 0 Å². The molecule has 0 saturated carbocycles. The summed E-state index contributed by atoms with van der Waals surface area (Å²) < 4.78 is 25.9. The zero-order valence-electron chi connectivity index (χ0n) is 9.17. The molecule has 0 aromatic heterocycles. The van der Waals surface area contributed by atoms with Gasteiger partial charge in [0.25, 0.3) is 0 Å². The van der Waals surface area contributed by atoms with E-state index in [1.54, 1.807) is 0 Å². The first-order chi connectivity index (χ1) is 8.45. The summed E-state index contributed by atoms with van der Waals surface area (Å²) in [6.07, 6.45) is 5.09. The predicted molar refractivity (Wildman–Crippen MR) is 60.0 cm³/mol. The lowest BCUT2D eigenvalue weighted by molar-refractivity contribution is -0.116. The van der Waals surface area contributed by atoms with E-state index in [1.165, 1.54) is 0 Å². The number of amides is 1. The van der Waals surface area contributed by atoms with Crippen molar-refractivity contribution in [2.75, 3.05) is 5.32 Å². The van der Waals surface area contributed by atoms with Crippen LogP contribution in [0.3, 0.4) is 0 Å². The van der Waals surface area contributed by atoms with Crippen molar-refractivity contribution in [2.45, 2.75) is 12.8 Å². The van der Waals surface area contributed by atoms with Crippen LogP contribution in [0.1, 0.15) is 23.2 Å². The smallest absolute Gasteiger partial charge is 0.337 e. The Morgan fingerprint density at radius 2 is 1.94 bits per heavy atom. The van der Waals surface area contributed by atoms with Crippen LogP contribution in [0.4, 0.5) is 14.5 Å². The highest BCUT2D eigenvalue weighted by Gasteiger charge is 2.16. The van der Waals surface area contributed by atoms with E-state index in [1.807, 2.05) is 0 Å². The summed E-state index contributed by atoms with van der Waals surface area (Å²) in [4.78, 5) is 22.1. The van der Waals surface area contributed by atoms with Crippen molar-refractivity contribution >= 4 is 17.6 Å². The van der Waals surface area contributed by atoms with Gasteiger partial charge in [-0.2, -0.15) is 0 Å². The number of hydrogen-bond donors (Lipinski definition) is 2. The molecule has 6 heteroatoms. The van der Waals surface area contributed by atoms with Gasteiger partial charge in [-0.15, -0.1) is 12.3 Å². The fourth-order valence-electron chi connectivity index (χ4n) is 1.23. The van der Waals surface area contributed by atoms with E-state index in [0.29, 0.717) is 12.1 Å². The molecule has 0 aliphatic heterocycles. The Morgan fingerprint density at radius 3 is 2.50 bits per heavy atom. The van der Waals surface area contributed by atoms with E-state index >= 15 is 0 Å². The number of halogens is 2. The molecule has 0 radical (unpaired) electrons. The van der Waals surface area contributed by atoms with E-state index in [4.69, 9.17) is 11.5 Å². The molecular weight excluding hydrogens is 244 g/mol. The summed E-state index contributed by atoms with van der Waals surface area (Å²) in [7, 11) is 0. The van der Waals surface area contributed by atoms with Gasteiger partial charge in [0.2, 0.25) is 5.91 Å². The standard InChI is InChI=1S/C12H9F2NO3/c1-2-3-4-11(16)15-10-6-9(14)8(13)5-7(10)12(17)18/h1,5-6H,3-4H2,(H,15,16)(H,17,18). The van der Waals surface area contributed by atoms with E-state index in [9.17, 15) is 18.4 Å². The Bertz CT molecular complexity index is 535. The Balaban J connectivity index is 3.01. The normalized spacial score (nSPS) is 9.61. The third-order valence-corrected chi connectivity index (χ3v) is 2.06. The molecule has 94 valence electrons. The lowest BCUT2D eigenvalue weighted by Crippen LogP contribution is -2.15. The van der Waals surface area contributed by atoms with E-state index in [2.05, 4.69) is 11.2 Å². The van der Waals surface area contributed by atoms with Crippen LogP contribution in [0.25, 0.3) is 0 Å². The van der Waals surface area contributed by atoms with E-state index < -0.39 is 29.1 Å². The van der Waals surface area contributed by atoms with Crippen molar-refractivity contribution < 1.29 is 23.5 Å². The first-order valence-electron chi connectivity index (χ1n) is 4.91. The van der Waals surface area contributed by atoms with Crippen molar-refractivity contribution in [3.8, 4) is 12.3 Å². The van der Waals surface area contributed by atoms with Crippen LogP contribution in [-0.2, 0) is 4.79 Å². The average molecular weight is 253 g/mol. The van der Waals surface area contributed by atoms with Crippen LogP contribution in [0.2, 0.25) is 0 Å². The van der Waals surface area contributed by atoms with Crippen LogP contribution in [0, 0.1) is 24.0 Å². The zero-order valence-corrected chi connectivity index (χ0v) is 9.17. The summed E-state index contributed by atoms with van der Waals surface area (Å²) in [6, 6.07) is 1.13. The minimum absolute atomic E-state index is 0.0332. The molecule has 1 amide bonds. The van der Waals surface area contributed by atoms with Gasteiger partial charge in [-0.05, 0) is 6.07 Å². The van der Waals surface area contributed by atoms with Gasteiger partial charge in [0.15, 0.2) is 11.6 Å². The maximum atomic E-state index is 13.0. The molecule has 2 N–H and O–H groups in total. The predicted octanol–water partition coefficient (Wildman–Crippen LogP) is 2.01. The number of carboxylic acids is 1. The van der Waals surface area contributed by atoms with Gasteiger partial charge in [-0.25, -0.2) is 13.6 Å². The summed E-state index contributed by atoms with van der Waals surface area (Å²) in [5.74, 6) is -2.35. The van der Waals surface area contributed by atoms with Gasteiger partial charge in [0.05, 0.1) is 11.3 Å². The molecule has 1 rings (SSSR count). The summed E-state index contributed by atoms with van der Waals surface area (Å²) >= 11 is 0. The van der Waals surface area contributed by atoms with Crippen molar-refractivity contribution in [3.63, 3.8) is 0 Å². The first kappa shape index (κ1) is 13.6. The SMILES string of the molecule is C#CCCC(=O)Nc1cc(F)c(F)cc1C(=O)O. The van der Waals surface area contributed by atoms with E-state index in [-0.39, 0.29) is 18.5 Å². The highest BCUT2D eigenvalue weighted by molar-refractivity contribution is 6.00. The maximum absolute atomic E-state index is 13.0. The second-order valence-electron chi connectivity index (χ2n) is 3.37. The third-order valence-electron chi connectivity index (χ3n) is 2.06. The summed E-state index contributed by atoms with van der Waals surface area (Å²) in [5, 5.41) is 11.0. The van der Waals surface area contributed by atoms with Gasteiger partial charge >= 0.3 is 5.97 Å². The van der Waals surface area contributed by atoms with Crippen molar-refractivity contribution in [3.05, 3.63) is 29.3 Å². The minimum atomic E-state index is -1.47. The molecule has 0 atom stereocenters. The van der Waals surface area contributed by atoms with Gasteiger partial charge in [-0.1, -0.05) is 0 Å². The average Bonchev–Trinajstić information content (AvgIpc) is 2.30. The zero-order chi connectivity index (χ0) is 13.7. The van der Waals surface area contributed by atoms with Crippen LogP contribution >= 0.6 is 0 Å². The highest BCUT2D eigenvalue weighted by Crippen LogP contribution is 2.20. The molecule has 1 aromatic rings. The van der Waals surface area contributed by atoms with Crippen molar-refractivity contribution in [1.29, 1.82) is 0 Å². The number of rotatable bonds is 4. The van der Waals surface area contributed by atoms with Crippen LogP contribution in [0.15, 0.2) is 12.1 Å². The number of benzene rings is 1. The lowest BCUT2D eigenvalue weighted by Gasteiger charge is -2.08. The molecule has 0 bridgehead atoms. The Kier molecular flexibility index (Phi) is 4.38. The maximum Gasteiger partial charge on any atom is 0.337 e. The molecule has 0 heterocycles. The molecule has 0 spiro atoms. The van der Waals surface area contributed by atoms with Gasteiger partial charge in [-0.3, -0.25) is 4.79 Å². The van der Waals surface area contributed by atoms with Crippen LogP contribution in [0.5, 0.6) is 0 Å². The van der Waals surface area contributed by atoms with Crippen LogP contribution in [-0.4, -0.2) is 17.0 Å². The van der Waals surface area contributed by atoms with Crippen molar-refractivity contribution in [1.82, 2.24) is 0 Å². The van der Waals surface area contributed by atoms with Gasteiger partial charge in [0, 0.05) is 18.9 Å². The minimum Gasteiger partial charge on any atom is -0.478 e. The molecule has 1 aromatic carbocycles. The fourth-order valence-corrected chi connectivity index (χ4v) is 1.23. The third kappa shape index (κ3) is 3.28. The Hall–Kier alpha value is -2.42. The number of carboxylic acid groups (broad SMARTS) is 1. The topological polar surface area (TPSA) is 66.4 Å². The number of nitrogens with one attached hydrogen (secondary N) is 1. The fraction of sp³-hybridized carbons (Fsp3) is 0.167. The molecule has 0 saturated heterocycles. The monoisotopic (exact) mass is 253 g/mol. The molecule has 18 heavy (non-hydrogen) atoms. The molecular formula is C12H9F2NO3. The lowest BCUT2D eigenvalue weighted by atomic mass is 10.1. The second kappa shape index (κ2) is 5.77. The number of hydrogen-bond acceptors (Lipinski definition) is 2. The number of anilines is 1. The first-order valence-corrected chi connectivity index (χ1v) is 4.91. The molecule has 4 nitrogen and oxygen atoms in total. The molecule has 0 fully saturated rings. The highest BCUT2D eigenvalue weighted by atomic mass is 19.2. The molecule has 0 aliphatic carbocycles. The Morgan fingerprint density at radius 1 is 1.33 bits per heavy atom. The Labute approximate surface area is 102 Å². The number of terminal acetylenes is 1. The number of aromatic carboxylic acids is 1. The van der Waals surface area contributed by atoms with Gasteiger partial charge < -0.3 is 10.4 Å². The summed E-state index contributed by atoms with van der Waals surface area (Å²) in [6.45, 7) is 0. The van der Waals surface area contributed by atoms with Gasteiger partial charge in [0.1, 0.15) is 0 Å². The number of carbonyl (C=O) groups excluding carboxylic acids is 1. The van der Waals surface area contributed by atoms with Crippen LogP contribution < -0.4 is 5.32 Å². The summed E-state index contributed by atoms with van der Waals surface area (Å²) in [5.41, 5.74) is -0.827. The number of carbonyl (C=O) groups is 2.